The van der Waals surface area contributed by atoms with E-state index < -0.39 is 10.8 Å². The Morgan fingerprint density at radius 2 is 2.04 bits per heavy atom. The maximum absolute atomic E-state index is 12.3. The largest absolute Gasteiger partial charge is 0.497 e. The number of nitro benzene ring substituents is 1. The number of nitrogens with zero attached hydrogens (tertiary/aromatic N) is 1. The van der Waals surface area contributed by atoms with Gasteiger partial charge in [-0.1, -0.05) is 11.6 Å². The summed E-state index contributed by atoms with van der Waals surface area (Å²) in [6.07, 6.45) is 0. The van der Waals surface area contributed by atoms with Gasteiger partial charge in [-0.2, -0.15) is 0 Å². The Balaban J connectivity index is 1.87. The van der Waals surface area contributed by atoms with E-state index in [0.29, 0.717) is 11.4 Å². The molecule has 1 heterocycles. The third-order valence-electron chi connectivity index (χ3n) is 3.47. The van der Waals surface area contributed by atoms with Gasteiger partial charge in [-0.25, -0.2) is 0 Å². The lowest BCUT2D eigenvalue weighted by Gasteiger charge is -2.04. The standard InChI is InChI=1S/C16H12ClN3O4/c1-24-11-3-5-13-9(6-11)7-14(19-13)16(21)18-10-2-4-12(17)15(8-10)20(22)23/h2-8,19H,1H3,(H,18,21). The fraction of sp³-hybridized carbons (Fsp3) is 0.0625. The summed E-state index contributed by atoms with van der Waals surface area (Å²) in [5.74, 6) is 0.267. The SMILES string of the molecule is COc1ccc2[nH]c(C(=O)Nc3ccc(Cl)c([N+](=O)[O-])c3)cc2c1. The number of aromatic nitrogens is 1. The molecular formula is C16H12ClN3O4. The molecule has 0 aliphatic rings. The first-order valence-electron chi connectivity index (χ1n) is 6.90. The molecule has 0 fully saturated rings. The highest BCUT2D eigenvalue weighted by atomic mass is 35.5. The Labute approximate surface area is 141 Å². The Morgan fingerprint density at radius 3 is 2.75 bits per heavy atom. The number of ether oxygens (including phenoxy) is 1. The first kappa shape index (κ1) is 15.8. The van der Waals surface area contributed by atoms with Crippen molar-refractivity contribution in [3.05, 3.63) is 63.3 Å². The van der Waals surface area contributed by atoms with Gasteiger partial charge in [0.25, 0.3) is 11.6 Å². The highest BCUT2D eigenvalue weighted by molar-refractivity contribution is 6.32. The van der Waals surface area contributed by atoms with Gasteiger partial charge < -0.3 is 15.0 Å². The van der Waals surface area contributed by atoms with Crippen LogP contribution in [0, 0.1) is 10.1 Å². The van der Waals surface area contributed by atoms with E-state index in [2.05, 4.69) is 10.3 Å². The average Bonchev–Trinajstić information content (AvgIpc) is 2.99. The Morgan fingerprint density at radius 1 is 1.25 bits per heavy atom. The zero-order valence-corrected chi connectivity index (χ0v) is 13.3. The van der Waals surface area contributed by atoms with Crippen molar-refractivity contribution in [3.63, 3.8) is 0 Å². The molecule has 0 spiro atoms. The number of benzene rings is 2. The summed E-state index contributed by atoms with van der Waals surface area (Å²) in [4.78, 5) is 25.6. The molecule has 24 heavy (non-hydrogen) atoms. The maximum Gasteiger partial charge on any atom is 0.289 e. The minimum atomic E-state index is -0.604. The number of aromatic amines is 1. The molecule has 0 saturated carbocycles. The van der Waals surface area contributed by atoms with Gasteiger partial charge in [-0.15, -0.1) is 0 Å². The molecule has 0 aliphatic heterocycles. The molecule has 0 bridgehead atoms. The lowest BCUT2D eigenvalue weighted by molar-refractivity contribution is -0.384. The van der Waals surface area contributed by atoms with Crippen LogP contribution in [0.2, 0.25) is 5.02 Å². The van der Waals surface area contributed by atoms with Crippen LogP contribution in [0.25, 0.3) is 10.9 Å². The molecule has 1 amide bonds. The molecular weight excluding hydrogens is 334 g/mol. The topological polar surface area (TPSA) is 97.3 Å². The Bertz CT molecular complexity index is 952. The lowest BCUT2D eigenvalue weighted by Crippen LogP contribution is -2.12. The number of rotatable bonds is 4. The summed E-state index contributed by atoms with van der Waals surface area (Å²) in [5, 5.41) is 14.3. The number of nitro groups is 1. The number of hydrogen-bond donors (Lipinski definition) is 2. The number of nitrogens with one attached hydrogen (secondary N) is 2. The molecule has 7 nitrogen and oxygen atoms in total. The minimum Gasteiger partial charge on any atom is -0.497 e. The third kappa shape index (κ3) is 3.02. The summed E-state index contributed by atoms with van der Waals surface area (Å²) in [6, 6.07) is 11.1. The highest BCUT2D eigenvalue weighted by Crippen LogP contribution is 2.28. The second-order valence-electron chi connectivity index (χ2n) is 5.01. The van der Waals surface area contributed by atoms with Crippen LogP contribution in [0.4, 0.5) is 11.4 Å². The number of carbonyl (C=O) groups excluding carboxylic acids is 1. The summed E-state index contributed by atoms with van der Waals surface area (Å²) in [5.41, 5.74) is 1.13. The van der Waals surface area contributed by atoms with E-state index in [4.69, 9.17) is 16.3 Å². The van der Waals surface area contributed by atoms with E-state index in [9.17, 15) is 14.9 Å². The van der Waals surface area contributed by atoms with Gasteiger partial charge in [-0.05, 0) is 36.4 Å². The van der Waals surface area contributed by atoms with Gasteiger partial charge in [0.15, 0.2) is 0 Å². The molecule has 0 radical (unpaired) electrons. The fourth-order valence-electron chi connectivity index (χ4n) is 2.29. The molecule has 0 unspecified atom stereocenters. The fourth-order valence-corrected chi connectivity index (χ4v) is 2.48. The second kappa shape index (κ2) is 6.21. The van der Waals surface area contributed by atoms with Crippen LogP contribution in [-0.2, 0) is 0 Å². The number of hydrogen-bond acceptors (Lipinski definition) is 4. The van der Waals surface area contributed by atoms with Crippen molar-refractivity contribution in [1.29, 1.82) is 0 Å². The number of amides is 1. The minimum absolute atomic E-state index is 0.00991. The van der Waals surface area contributed by atoms with Crippen molar-refractivity contribution in [2.24, 2.45) is 0 Å². The van der Waals surface area contributed by atoms with Crippen LogP contribution in [0.15, 0.2) is 42.5 Å². The normalized spacial score (nSPS) is 10.6. The summed E-state index contributed by atoms with van der Waals surface area (Å²) >= 11 is 5.75. The van der Waals surface area contributed by atoms with E-state index in [0.717, 1.165) is 10.9 Å². The van der Waals surface area contributed by atoms with Crippen LogP contribution in [0.5, 0.6) is 5.75 Å². The molecule has 1 aromatic heterocycles. The van der Waals surface area contributed by atoms with Gasteiger partial charge in [0.1, 0.15) is 16.5 Å². The number of fused-ring (bicyclic) bond motifs is 1. The monoisotopic (exact) mass is 345 g/mol. The van der Waals surface area contributed by atoms with Crippen LogP contribution >= 0.6 is 11.6 Å². The van der Waals surface area contributed by atoms with Crippen molar-refractivity contribution in [1.82, 2.24) is 4.98 Å². The second-order valence-corrected chi connectivity index (χ2v) is 5.42. The zero-order valence-electron chi connectivity index (χ0n) is 12.5. The van der Waals surface area contributed by atoms with Crippen LogP contribution in [0.3, 0.4) is 0 Å². The van der Waals surface area contributed by atoms with E-state index >= 15 is 0 Å². The number of halogens is 1. The predicted molar refractivity (Wildman–Crippen MR) is 90.9 cm³/mol. The van der Waals surface area contributed by atoms with Gasteiger partial charge in [0.2, 0.25) is 0 Å². The quantitative estimate of drug-likeness (QED) is 0.551. The number of H-pyrrole nitrogens is 1. The number of anilines is 1. The van der Waals surface area contributed by atoms with Crippen molar-refractivity contribution in [2.75, 3.05) is 12.4 Å². The van der Waals surface area contributed by atoms with Crippen molar-refractivity contribution < 1.29 is 14.5 Å². The van der Waals surface area contributed by atoms with Gasteiger partial charge in [0, 0.05) is 22.7 Å². The average molecular weight is 346 g/mol. The molecule has 0 saturated heterocycles. The number of carbonyl (C=O) groups is 1. The summed E-state index contributed by atoms with van der Waals surface area (Å²) in [7, 11) is 1.56. The van der Waals surface area contributed by atoms with E-state index in [1.54, 1.807) is 31.4 Å². The Kier molecular flexibility index (Phi) is 4.09. The lowest BCUT2D eigenvalue weighted by atomic mass is 10.2. The zero-order chi connectivity index (χ0) is 17.3. The van der Waals surface area contributed by atoms with E-state index in [-0.39, 0.29) is 16.4 Å². The molecule has 0 atom stereocenters. The van der Waals surface area contributed by atoms with Crippen LogP contribution < -0.4 is 10.1 Å². The van der Waals surface area contributed by atoms with Crippen molar-refractivity contribution in [2.45, 2.75) is 0 Å². The van der Waals surface area contributed by atoms with Crippen molar-refractivity contribution in [3.8, 4) is 5.75 Å². The summed E-state index contributed by atoms with van der Waals surface area (Å²) < 4.78 is 5.14. The highest BCUT2D eigenvalue weighted by Gasteiger charge is 2.15. The molecule has 2 aromatic carbocycles. The smallest absolute Gasteiger partial charge is 0.289 e. The van der Waals surface area contributed by atoms with E-state index in [1.807, 2.05) is 0 Å². The summed E-state index contributed by atoms with van der Waals surface area (Å²) in [6.45, 7) is 0. The first-order valence-corrected chi connectivity index (χ1v) is 7.28. The van der Waals surface area contributed by atoms with Gasteiger partial charge in [-0.3, -0.25) is 14.9 Å². The predicted octanol–water partition coefficient (Wildman–Crippen LogP) is 3.99. The molecule has 0 aliphatic carbocycles. The maximum atomic E-state index is 12.3. The molecule has 122 valence electrons. The molecule has 3 aromatic rings. The first-order chi connectivity index (χ1) is 11.5. The number of methoxy groups -OCH3 is 1. The molecule has 8 heteroatoms. The van der Waals surface area contributed by atoms with Crippen LogP contribution in [0.1, 0.15) is 10.5 Å². The third-order valence-corrected chi connectivity index (χ3v) is 3.79. The Hall–Kier alpha value is -3.06. The van der Waals surface area contributed by atoms with Gasteiger partial charge in [0.05, 0.1) is 12.0 Å². The van der Waals surface area contributed by atoms with Gasteiger partial charge >= 0.3 is 0 Å². The molecule has 3 rings (SSSR count). The van der Waals surface area contributed by atoms with E-state index in [1.165, 1.54) is 18.2 Å². The van der Waals surface area contributed by atoms with Crippen molar-refractivity contribution >= 4 is 39.8 Å². The van der Waals surface area contributed by atoms with Crippen LogP contribution in [-0.4, -0.2) is 22.9 Å². The molecule has 2 N–H and O–H groups in total.